The first kappa shape index (κ1) is 22.1. The number of halogens is 3. The van der Waals surface area contributed by atoms with Crippen molar-refractivity contribution in [3.8, 4) is 0 Å². The third kappa shape index (κ3) is 5.05. The van der Waals surface area contributed by atoms with Gasteiger partial charge in [-0.1, -0.05) is 65.1 Å². The molecule has 3 aromatic carbocycles. The Balaban J connectivity index is 1.62. The first-order valence-electron chi connectivity index (χ1n) is 9.44. The lowest BCUT2D eigenvalue weighted by molar-refractivity contribution is 0.586. The SMILES string of the molecule is O=S(=O)(NCC1=NN(c2ccc(Cl)cc2Cl)C(c2ccc(Cl)cc2)C1)c1ccccc1. The highest BCUT2D eigenvalue weighted by Gasteiger charge is 2.31. The lowest BCUT2D eigenvalue weighted by Gasteiger charge is -2.25. The highest BCUT2D eigenvalue weighted by Crippen LogP contribution is 2.39. The van der Waals surface area contributed by atoms with E-state index in [1.165, 1.54) is 0 Å². The van der Waals surface area contributed by atoms with Crippen molar-refractivity contribution in [3.05, 3.63) is 93.4 Å². The molecule has 1 aliphatic rings. The fourth-order valence-electron chi connectivity index (χ4n) is 3.37. The summed E-state index contributed by atoms with van der Waals surface area (Å²) in [5.74, 6) is 0. The van der Waals surface area contributed by atoms with E-state index in [1.54, 1.807) is 53.5 Å². The van der Waals surface area contributed by atoms with Crippen molar-refractivity contribution in [2.24, 2.45) is 5.10 Å². The quantitative estimate of drug-likeness (QED) is 0.462. The molecule has 0 spiro atoms. The van der Waals surface area contributed by atoms with Gasteiger partial charge < -0.3 is 0 Å². The molecule has 1 heterocycles. The highest BCUT2D eigenvalue weighted by molar-refractivity contribution is 7.89. The lowest BCUT2D eigenvalue weighted by Crippen LogP contribution is -2.29. The molecule has 1 unspecified atom stereocenters. The Morgan fingerprint density at radius 3 is 2.29 bits per heavy atom. The number of hydrogen-bond acceptors (Lipinski definition) is 4. The number of anilines is 1. The van der Waals surface area contributed by atoms with Gasteiger partial charge in [0, 0.05) is 16.5 Å². The molecule has 0 saturated carbocycles. The summed E-state index contributed by atoms with van der Waals surface area (Å²) < 4.78 is 27.8. The second-order valence-corrected chi connectivity index (χ2v) is 10.1. The molecule has 31 heavy (non-hydrogen) atoms. The Morgan fingerprint density at radius 1 is 0.935 bits per heavy atom. The Bertz CT molecular complexity index is 1220. The zero-order valence-corrected chi connectivity index (χ0v) is 19.3. The normalized spacial score (nSPS) is 16.4. The zero-order chi connectivity index (χ0) is 22.0. The molecule has 0 fully saturated rings. The van der Waals surface area contributed by atoms with Crippen LogP contribution in [0.1, 0.15) is 18.0 Å². The number of sulfonamides is 1. The van der Waals surface area contributed by atoms with E-state index in [4.69, 9.17) is 34.8 Å². The van der Waals surface area contributed by atoms with Gasteiger partial charge in [0.05, 0.1) is 33.9 Å². The lowest BCUT2D eigenvalue weighted by atomic mass is 10.0. The molecule has 0 aromatic heterocycles. The van der Waals surface area contributed by atoms with Gasteiger partial charge in [-0.05, 0) is 48.0 Å². The van der Waals surface area contributed by atoms with E-state index in [9.17, 15) is 8.42 Å². The number of nitrogens with zero attached hydrogens (tertiary/aromatic N) is 2. The molecule has 0 amide bonds. The predicted molar refractivity (Wildman–Crippen MR) is 127 cm³/mol. The molecule has 0 bridgehead atoms. The van der Waals surface area contributed by atoms with E-state index in [1.807, 2.05) is 24.3 Å². The van der Waals surface area contributed by atoms with Crippen LogP contribution < -0.4 is 9.73 Å². The summed E-state index contributed by atoms with van der Waals surface area (Å²) in [7, 11) is -3.64. The standard InChI is InChI=1S/C22H18Cl3N3O2S/c23-16-8-6-15(7-9-16)22-13-18(14-26-31(29,30)19-4-2-1-3-5-19)27-28(22)21-11-10-17(24)12-20(21)25/h1-12,22,26H,13-14H2. The average molecular weight is 495 g/mol. The fraction of sp³-hybridized carbons (Fsp3) is 0.136. The largest absolute Gasteiger partial charge is 0.256 e. The van der Waals surface area contributed by atoms with Gasteiger partial charge in [0.1, 0.15) is 0 Å². The van der Waals surface area contributed by atoms with Gasteiger partial charge in [-0.25, -0.2) is 13.1 Å². The van der Waals surface area contributed by atoms with Gasteiger partial charge in [0.2, 0.25) is 10.0 Å². The molecule has 9 heteroatoms. The summed E-state index contributed by atoms with van der Waals surface area (Å²) in [5.41, 5.74) is 2.36. The molecule has 1 atom stereocenters. The predicted octanol–water partition coefficient (Wildman–Crippen LogP) is 5.93. The van der Waals surface area contributed by atoms with Crippen molar-refractivity contribution in [1.82, 2.24) is 4.72 Å². The Labute approximate surface area is 196 Å². The van der Waals surface area contributed by atoms with Crippen molar-refractivity contribution in [3.63, 3.8) is 0 Å². The van der Waals surface area contributed by atoms with Crippen LogP contribution in [0.2, 0.25) is 15.1 Å². The highest BCUT2D eigenvalue weighted by atomic mass is 35.5. The minimum absolute atomic E-state index is 0.0863. The minimum atomic E-state index is -3.64. The van der Waals surface area contributed by atoms with Crippen molar-refractivity contribution >= 4 is 56.2 Å². The Morgan fingerprint density at radius 2 is 1.61 bits per heavy atom. The minimum Gasteiger partial charge on any atom is -0.256 e. The van der Waals surface area contributed by atoms with Gasteiger partial charge in [0.25, 0.3) is 0 Å². The first-order valence-corrected chi connectivity index (χ1v) is 12.1. The van der Waals surface area contributed by atoms with Crippen LogP contribution in [0.4, 0.5) is 5.69 Å². The molecule has 160 valence electrons. The summed E-state index contributed by atoms with van der Waals surface area (Å²) in [5, 5.41) is 8.11. The van der Waals surface area contributed by atoms with Crippen LogP contribution in [0.5, 0.6) is 0 Å². The summed E-state index contributed by atoms with van der Waals surface area (Å²) in [6.07, 6.45) is 0.526. The molecule has 0 saturated heterocycles. The third-order valence-corrected chi connectivity index (χ3v) is 7.11. The fourth-order valence-corrected chi connectivity index (χ4v) is 5.03. The second-order valence-electron chi connectivity index (χ2n) is 7.02. The summed E-state index contributed by atoms with van der Waals surface area (Å²) in [4.78, 5) is 0.209. The first-order chi connectivity index (χ1) is 14.8. The average Bonchev–Trinajstić information content (AvgIpc) is 3.17. The number of nitrogens with one attached hydrogen (secondary N) is 1. The molecular formula is C22H18Cl3N3O2S. The van der Waals surface area contributed by atoms with Crippen molar-refractivity contribution in [1.29, 1.82) is 0 Å². The smallest absolute Gasteiger partial charge is 0.240 e. The van der Waals surface area contributed by atoms with E-state index in [0.29, 0.717) is 32.9 Å². The van der Waals surface area contributed by atoms with Crippen LogP contribution in [-0.4, -0.2) is 20.7 Å². The Hall–Kier alpha value is -2.09. The molecule has 3 aromatic rings. The number of rotatable bonds is 6. The molecule has 4 rings (SSSR count). The van der Waals surface area contributed by atoms with Crippen LogP contribution in [0.3, 0.4) is 0 Å². The van der Waals surface area contributed by atoms with Gasteiger partial charge in [-0.15, -0.1) is 0 Å². The number of benzene rings is 3. The van der Waals surface area contributed by atoms with Gasteiger partial charge in [-0.2, -0.15) is 5.10 Å². The summed E-state index contributed by atoms with van der Waals surface area (Å²) in [6, 6.07) is 20.8. The number of hydrazone groups is 1. The van der Waals surface area contributed by atoms with E-state index in [0.717, 1.165) is 5.56 Å². The van der Waals surface area contributed by atoms with Gasteiger partial charge >= 0.3 is 0 Å². The maximum Gasteiger partial charge on any atom is 0.240 e. The van der Waals surface area contributed by atoms with Crippen LogP contribution in [0.25, 0.3) is 0 Å². The molecule has 0 aliphatic carbocycles. The second kappa shape index (κ2) is 9.18. The monoisotopic (exact) mass is 493 g/mol. The van der Waals surface area contributed by atoms with E-state index in [2.05, 4.69) is 9.82 Å². The molecule has 0 radical (unpaired) electrons. The van der Waals surface area contributed by atoms with E-state index < -0.39 is 10.0 Å². The van der Waals surface area contributed by atoms with Crippen LogP contribution in [0.15, 0.2) is 82.8 Å². The van der Waals surface area contributed by atoms with Crippen molar-refractivity contribution in [2.45, 2.75) is 17.4 Å². The molecule has 5 nitrogen and oxygen atoms in total. The Kier molecular flexibility index (Phi) is 6.55. The zero-order valence-electron chi connectivity index (χ0n) is 16.2. The van der Waals surface area contributed by atoms with Crippen molar-refractivity contribution < 1.29 is 8.42 Å². The van der Waals surface area contributed by atoms with Gasteiger partial charge in [-0.3, -0.25) is 5.01 Å². The third-order valence-electron chi connectivity index (χ3n) is 4.90. The summed E-state index contributed by atoms with van der Waals surface area (Å²) in [6.45, 7) is 0.0863. The molecule has 1 aliphatic heterocycles. The topological polar surface area (TPSA) is 61.8 Å². The maximum absolute atomic E-state index is 12.6. The van der Waals surface area contributed by atoms with Crippen LogP contribution in [0, 0.1) is 0 Å². The van der Waals surface area contributed by atoms with Crippen LogP contribution in [-0.2, 0) is 10.0 Å². The maximum atomic E-state index is 12.6. The molecular weight excluding hydrogens is 477 g/mol. The summed E-state index contributed by atoms with van der Waals surface area (Å²) >= 11 is 18.5. The molecule has 1 N–H and O–H groups in total. The van der Waals surface area contributed by atoms with E-state index >= 15 is 0 Å². The van der Waals surface area contributed by atoms with Crippen molar-refractivity contribution in [2.75, 3.05) is 11.6 Å². The van der Waals surface area contributed by atoms with Crippen LogP contribution >= 0.6 is 34.8 Å². The number of hydrogen-bond donors (Lipinski definition) is 1. The van der Waals surface area contributed by atoms with E-state index in [-0.39, 0.29) is 17.5 Å². The van der Waals surface area contributed by atoms with Gasteiger partial charge in [0.15, 0.2) is 0 Å².